The summed E-state index contributed by atoms with van der Waals surface area (Å²) >= 11 is 0. The number of ether oxygens (including phenoxy) is 1. The van der Waals surface area contributed by atoms with Gasteiger partial charge in [-0.1, -0.05) is 13.0 Å². The first-order valence-electron chi connectivity index (χ1n) is 5.92. The van der Waals surface area contributed by atoms with Crippen molar-refractivity contribution in [3.8, 4) is 5.75 Å². The number of anilines is 1. The van der Waals surface area contributed by atoms with Gasteiger partial charge in [0.1, 0.15) is 12.4 Å². The molecular formula is C14H17NO2. The van der Waals surface area contributed by atoms with Gasteiger partial charge in [-0.25, -0.2) is 0 Å². The Kier molecular flexibility index (Phi) is 3.47. The van der Waals surface area contributed by atoms with Crippen LogP contribution in [0.3, 0.4) is 0 Å². The van der Waals surface area contributed by atoms with Gasteiger partial charge in [-0.3, -0.25) is 4.79 Å². The fraction of sp³-hybridized carbons (Fsp3) is 0.357. The van der Waals surface area contributed by atoms with Crippen LogP contribution in [-0.2, 0) is 0 Å². The minimum atomic E-state index is 0.164. The van der Waals surface area contributed by atoms with Gasteiger partial charge in [0.25, 0.3) is 0 Å². The normalized spacial score (nSPS) is 13.8. The molecule has 0 bridgehead atoms. The van der Waals surface area contributed by atoms with Gasteiger partial charge < -0.3 is 9.64 Å². The van der Waals surface area contributed by atoms with E-state index in [1.165, 1.54) is 0 Å². The van der Waals surface area contributed by atoms with E-state index in [4.69, 9.17) is 4.74 Å². The Morgan fingerprint density at radius 1 is 1.59 bits per heavy atom. The van der Waals surface area contributed by atoms with Crippen molar-refractivity contribution in [1.82, 2.24) is 0 Å². The predicted octanol–water partition coefficient (Wildman–Crippen LogP) is 2.66. The molecule has 0 atom stereocenters. The zero-order valence-corrected chi connectivity index (χ0v) is 10.1. The van der Waals surface area contributed by atoms with Gasteiger partial charge in [0.05, 0.1) is 12.2 Å². The predicted molar refractivity (Wildman–Crippen MR) is 69.0 cm³/mol. The zero-order chi connectivity index (χ0) is 12.3. The molecule has 0 aromatic heterocycles. The third-order valence-electron chi connectivity index (χ3n) is 2.91. The highest BCUT2D eigenvalue weighted by Crippen LogP contribution is 2.32. The lowest BCUT2D eigenvalue weighted by atomic mass is 10.1. The molecule has 90 valence electrons. The maximum absolute atomic E-state index is 11.7. The molecule has 0 fully saturated rings. The monoisotopic (exact) mass is 231 g/mol. The molecule has 0 amide bonds. The van der Waals surface area contributed by atoms with E-state index in [0.717, 1.165) is 30.1 Å². The minimum absolute atomic E-state index is 0.164. The second-order valence-corrected chi connectivity index (χ2v) is 4.04. The Hall–Kier alpha value is -1.77. The number of hydrogen-bond donors (Lipinski definition) is 0. The number of hydrogen-bond acceptors (Lipinski definition) is 3. The van der Waals surface area contributed by atoms with Crippen molar-refractivity contribution in [2.75, 3.05) is 24.6 Å². The summed E-state index contributed by atoms with van der Waals surface area (Å²) < 4.78 is 5.58. The van der Waals surface area contributed by atoms with E-state index in [9.17, 15) is 4.79 Å². The summed E-state index contributed by atoms with van der Waals surface area (Å²) in [5.74, 6) is 1.02. The first-order valence-corrected chi connectivity index (χ1v) is 5.92. The van der Waals surface area contributed by atoms with Crippen LogP contribution in [0.5, 0.6) is 5.75 Å². The largest absolute Gasteiger partial charge is 0.490 e. The SMILES string of the molecule is C=CCN1CCOc2ccc(C(=O)CC)cc21. The second kappa shape index (κ2) is 5.04. The van der Waals surface area contributed by atoms with Crippen molar-refractivity contribution in [2.24, 2.45) is 0 Å². The molecule has 1 aromatic rings. The molecule has 0 radical (unpaired) electrons. The topological polar surface area (TPSA) is 29.5 Å². The maximum Gasteiger partial charge on any atom is 0.162 e. The Morgan fingerprint density at radius 3 is 3.12 bits per heavy atom. The number of nitrogens with zero attached hydrogens (tertiary/aromatic N) is 1. The average molecular weight is 231 g/mol. The van der Waals surface area contributed by atoms with Crippen LogP contribution in [0.1, 0.15) is 23.7 Å². The molecule has 0 aliphatic carbocycles. The molecule has 3 nitrogen and oxygen atoms in total. The molecule has 0 saturated carbocycles. The smallest absolute Gasteiger partial charge is 0.162 e. The highest BCUT2D eigenvalue weighted by atomic mass is 16.5. The highest BCUT2D eigenvalue weighted by molar-refractivity contribution is 5.97. The van der Waals surface area contributed by atoms with Gasteiger partial charge in [-0.2, -0.15) is 0 Å². The van der Waals surface area contributed by atoms with Crippen molar-refractivity contribution in [1.29, 1.82) is 0 Å². The summed E-state index contributed by atoms with van der Waals surface area (Å²) in [6.07, 6.45) is 2.39. The Balaban J connectivity index is 2.36. The van der Waals surface area contributed by atoms with E-state index >= 15 is 0 Å². The molecule has 0 spiro atoms. The number of carbonyl (C=O) groups excluding carboxylic acids is 1. The Morgan fingerprint density at radius 2 is 2.41 bits per heavy atom. The molecule has 1 heterocycles. The fourth-order valence-electron chi connectivity index (χ4n) is 2.00. The van der Waals surface area contributed by atoms with E-state index in [2.05, 4.69) is 11.5 Å². The second-order valence-electron chi connectivity index (χ2n) is 4.04. The van der Waals surface area contributed by atoms with Crippen molar-refractivity contribution in [3.05, 3.63) is 36.4 Å². The molecule has 0 N–H and O–H groups in total. The van der Waals surface area contributed by atoms with Crippen LogP contribution in [0, 0.1) is 0 Å². The van der Waals surface area contributed by atoms with Crippen LogP contribution in [0.2, 0.25) is 0 Å². The number of ketones is 1. The minimum Gasteiger partial charge on any atom is -0.490 e. The first kappa shape index (κ1) is 11.7. The van der Waals surface area contributed by atoms with Crippen molar-refractivity contribution >= 4 is 11.5 Å². The summed E-state index contributed by atoms with van der Waals surface area (Å²) in [7, 11) is 0. The van der Waals surface area contributed by atoms with Gasteiger partial charge in [0, 0.05) is 18.5 Å². The van der Waals surface area contributed by atoms with Crippen LogP contribution < -0.4 is 9.64 Å². The van der Waals surface area contributed by atoms with Crippen LogP contribution in [0.4, 0.5) is 5.69 Å². The summed E-state index contributed by atoms with van der Waals surface area (Å²) in [6, 6.07) is 5.64. The molecule has 0 saturated heterocycles. The van der Waals surface area contributed by atoms with Crippen LogP contribution >= 0.6 is 0 Å². The van der Waals surface area contributed by atoms with Gasteiger partial charge in [0.15, 0.2) is 5.78 Å². The van der Waals surface area contributed by atoms with E-state index < -0.39 is 0 Å². The van der Waals surface area contributed by atoms with E-state index in [1.54, 1.807) is 0 Å². The molecule has 2 rings (SSSR count). The van der Waals surface area contributed by atoms with Gasteiger partial charge in [-0.15, -0.1) is 6.58 Å². The van der Waals surface area contributed by atoms with E-state index in [1.807, 2.05) is 31.2 Å². The summed E-state index contributed by atoms with van der Waals surface area (Å²) in [6.45, 7) is 7.92. The molecule has 17 heavy (non-hydrogen) atoms. The number of carbonyl (C=O) groups is 1. The van der Waals surface area contributed by atoms with Crippen LogP contribution in [0.25, 0.3) is 0 Å². The molecule has 1 aliphatic rings. The van der Waals surface area contributed by atoms with Gasteiger partial charge in [-0.05, 0) is 18.2 Å². The zero-order valence-electron chi connectivity index (χ0n) is 10.1. The maximum atomic E-state index is 11.7. The molecule has 0 unspecified atom stereocenters. The molecule has 1 aromatic carbocycles. The number of benzene rings is 1. The first-order chi connectivity index (χ1) is 8.26. The highest BCUT2D eigenvalue weighted by Gasteiger charge is 2.18. The van der Waals surface area contributed by atoms with Gasteiger partial charge >= 0.3 is 0 Å². The van der Waals surface area contributed by atoms with Crippen molar-refractivity contribution < 1.29 is 9.53 Å². The molecular weight excluding hydrogens is 214 g/mol. The summed E-state index contributed by atoms with van der Waals surface area (Å²) in [5, 5.41) is 0. The van der Waals surface area contributed by atoms with E-state index in [0.29, 0.717) is 13.0 Å². The number of Topliss-reactive ketones (excluding diaryl/α,β-unsaturated/α-hetero) is 1. The molecule has 3 heteroatoms. The number of rotatable bonds is 4. The van der Waals surface area contributed by atoms with Gasteiger partial charge in [0.2, 0.25) is 0 Å². The summed E-state index contributed by atoms with van der Waals surface area (Å²) in [4.78, 5) is 13.9. The average Bonchev–Trinajstić information content (AvgIpc) is 2.38. The lowest BCUT2D eigenvalue weighted by Gasteiger charge is -2.30. The van der Waals surface area contributed by atoms with Crippen LogP contribution in [-0.4, -0.2) is 25.5 Å². The Labute approximate surface area is 102 Å². The van der Waals surface area contributed by atoms with E-state index in [-0.39, 0.29) is 5.78 Å². The third kappa shape index (κ3) is 2.33. The Bertz CT molecular complexity index is 440. The fourth-order valence-corrected chi connectivity index (χ4v) is 2.00. The number of fused-ring (bicyclic) bond motifs is 1. The third-order valence-corrected chi connectivity index (χ3v) is 2.91. The standard InChI is InChI=1S/C14H17NO2/c1-3-7-15-8-9-17-14-6-5-11(10-12(14)15)13(16)4-2/h3,5-6,10H,1,4,7-9H2,2H3. The summed E-state index contributed by atoms with van der Waals surface area (Å²) in [5.41, 5.74) is 1.75. The van der Waals surface area contributed by atoms with Crippen molar-refractivity contribution in [2.45, 2.75) is 13.3 Å². The molecule has 1 aliphatic heterocycles. The quantitative estimate of drug-likeness (QED) is 0.589. The lowest BCUT2D eigenvalue weighted by Crippen LogP contribution is -2.32. The van der Waals surface area contributed by atoms with Crippen molar-refractivity contribution in [3.63, 3.8) is 0 Å². The lowest BCUT2D eigenvalue weighted by molar-refractivity contribution is 0.0988. The van der Waals surface area contributed by atoms with Crippen LogP contribution in [0.15, 0.2) is 30.9 Å².